The molecule has 1 aromatic heterocycles. The van der Waals surface area contributed by atoms with E-state index in [1.165, 1.54) is 11.8 Å². The van der Waals surface area contributed by atoms with Crippen molar-refractivity contribution in [3.63, 3.8) is 0 Å². The molecule has 2 heterocycles. The lowest BCUT2D eigenvalue weighted by Crippen LogP contribution is -2.54. The fraction of sp³-hybridized carbons (Fsp3) is 0.476. The van der Waals surface area contributed by atoms with Crippen LogP contribution in [-0.4, -0.2) is 74.6 Å². The Morgan fingerprint density at radius 1 is 1.08 bits per heavy atom. The lowest BCUT2D eigenvalue weighted by atomic mass is 10.00. The van der Waals surface area contributed by atoms with Crippen LogP contribution in [0.3, 0.4) is 0 Å². The second-order valence-corrected chi connectivity index (χ2v) is 11.8. The number of hydrogen-bond donors (Lipinski definition) is 1. The van der Waals surface area contributed by atoms with Gasteiger partial charge in [-0.25, -0.2) is 12.8 Å². The van der Waals surface area contributed by atoms with Gasteiger partial charge in [-0.1, -0.05) is 0 Å². The number of aliphatic hydroxyl groups is 1. The first-order chi connectivity index (χ1) is 16.8. The predicted octanol–water partition coefficient (Wildman–Crippen LogP) is 3.64. The van der Waals surface area contributed by atoms with Crippen LogP contribution in [0.15, 0.2) is 34.5 Å². The normalized spacial score (nSPS) is 19.5. The molecular formula is C21H22F7N3O4S2. The smallest absolute Gasteiger partial charge is 0.368 e. The van der Waals surface area contributed by atoms with Crippen molar-refractivity contribution < 1.29 is 49.1 Å². The third-order valence-electron chi connectivity index (χ3n) is 5.80. The number of halogens is 7. The zero-order chi connectivity index (χ0) is 28.1. The molecule has 0 radical (unpaired) electrons. The first-order valence-electron chi connectivity index (χ1n) is 10.6. The van der Waals surface area contributed by atoms with Crippen LogP contribution in [0.25, 0.3) is 0 Å². The minimum absolute atomic E-state index is 0.0685. The van der Waals surface area contributed by atoms with Crippen LogP contribution in [-0.2, 0) is 26.6 Å². The summed E-state index contributed by atoms with van der Waals surface area (Å²) in [5, 5.41) is 10.3. The summed E-state index contributed by atoms with van der Waals surface area (Å²) < 4.78 is 122. The fourth-order valence-electron chi connectivity index (χ4n) is 3.99. The molecular weight excluding hydrogens is 555 g/mol. The van der Waals surface area contributed by atoms with E-state index in [1.807, 2.05) is 0 Å². The molecule has 16 heteroatoms. The maximum atomic E-state index is 13.7. The summed E-state index contributed by atoms with van der Waals surface area (Å²) in [6.45, 7) is 0.627. The molecule has 3 rings (SSSR count). The Hall–Kier alpha value is -2.43. The Labute approximate surface area is 211 Å². The molecule has 0 aliphatic carbocycles. The zero-order valence-electron chi connectivity index (χ0n) is 19.6. The van der Waals surface area contributed by atoms with Crippen molar-refractivity contribution in [3.8, 4) is 0 Å². The molecule has 1 saturated heterocycles. The van der Waals surface area contributed by atoms with Gasteiger partial charge in [0.1, 0.15) is 10.0 Å². The largest absolute Gasteiger partial charge is 0.431 e. The molecule has 1 unspecified atom stereocenters. The minimum Gasteiger partial charge on any atom is -0.368 e. The summed E-state index contributed by atoms with van der Waals surface area (Å²) in [6.07, 6.45) is -10.3. The summed E-state index contributed by atoms with van der Waals surface area (Å²) in [5.74, 6) is -2.81. The minimum atomic E-state index is -5.45. The Bertz CT molecular complexity index is 1280. The van der Waals surface area contributed by atoms with Crippen LogP contribution in [0.5, 0.6) is 0 Å². The number of hydrogen-bond acceptors (Lipinski definition) is 6. The van der Waals surface area contributed by atoms with Crippen LogP contribution in [0, 0.1) is 5.82 Å². The van der Waals surface area contributed by atoms with Crippen molar-refractivity contribution in [2.75, 3.05) is 38.6 Å². The van der Waals surface area contributed by atoms with E-state index in [0.717, 1.165) is 36.6 Å². The van der Waals surface area contributed by atoms with E-state index in [0.29, 0.717) is 17.0 Å². The number of likely N-dealkylation sites (N-methyl/N-ethyl adjacent to an activating group) is 1. The number of sulfonamides is 1. The van der Waals surface area contributed by atoms with Crippen molar-refractivity contribution >= 4 is 33.0 Å². The number of rotatable bonds is 5. The topological polar surface area (TPSA) is 81.2 Å². The summed E-state index contributed by atoms with van der Waals surface area (Å²) in [5.41, 5.74) is -5.54. The van der Waals surface area contributed by atoms with Crippen LogP contribution in [0.1, 0.15) is 17.4 Å². The second kappa shape index (κ2) is 9.71. The molecule has 0 saturated carbocycles. The Morgan fingerprint density at radius 3 is 2.22 bits per heavy atom. The number of carbonyl (C=O) groups is 1. The number of amides is 1. The van der Waals surface area contributed by atoms with E-state index in [9.17, 15) is 49.1 Å². The summed E-state index contributed by atoms with van der Waals surface area (Å²) in [7, 11) is -2.46. The van der Waals surface area contributed by atoms with Crippen molar-refractivity contribution in [1.29, 1.82) is 0 Å². The van der Waals surface area contributed by atoms with Gasteiger partial charge in [0.25, 0.3) is 21.5 Å². The van der Waals surface area contributed by atoms with Crippen molar-refractivity contribution in [2.45, 2.75) is 35.1 Å². The molecule has 1 aliphatic rings. The number of nitrogens with zero attached hydrogens (tertiary/aromatic N) is 3. The first kappa shape index (κ1) is 29.1. The molecule has 2 aromatic rings. The van der Waals surface area contributed by atoms with Crippen LogP contribution < -0.4 is 4.90 Å². The molecule has 0 spiro atoms. The second-order valence-electron chi connectivity index (χ2n) is 8.60. The van der Waals surface area contributed by atoms with Gasteiger partial charge in [-0.3, -0.25) is 4.79 Å². The maximum Gasteiger partial charge on any atom is 0.431 e. The van der Waals surface area contributed by atoms with Crippen LogP contribution >= 0.6 is 11.3 Å². The molecule has 1 aliphatic heterocycles. The van der Waals surface area contributed by atoms with Gasteiger partial charge < -0.3 is 14.9 Å². The summed E-state index contributed by atoms with van der Waals surface area (Å²) in [4.78, 5) is 13.0. The molecule has 7 nitrogen and oxygen atoms in total. The Kier molecular flexibility index (Phi) is 7.64. The number of thiophene rings is 1. The SMILES string of the molecule is C[C@@H]1CN(c2ccc(F)cc2C(F)(F)F)CCN1S(=O)(=O)c1ccc(C(O)(C(=O)N(C)C)C(F)(F)F)s1. The van der Waals surface area contributed by atoms with E-state index in [4.69, 9.17) is 0 Å². The van der Waals surface area contributed by atoms with Crippen molar-refractivity contribution in [1.82, 2.24) is 9.21 Å². The Morgan fingerprint density at radius 2 is 1.70 bits per heavy atom. The average Bonchev–Trinajstić information content (AvgIpc) is 3.28. The van der Waals surface area contributed by atoms with E-state index >= 15 is 0 Å². The fourth-order valence-corrected chi connectivity index (χ4v) is 7.14. The first-order valence-corrected chi connectivity index (χ1v) is 12.8. The van der Waals surface area contributed by atoms with Gasteiger partial charge in [-0.05, 0) is 37.3 Å². The van der Waals surface area contributed by atoms with Crippen molar-refractivity contribution in [2.24, 2.45) is 0 Å². The van der Waals surface area contributed by atoms with Gasteiger partial charge in [-0.15, -0.1) is 11.3 Å². The molecule has 1 N–H and O–H groups in total. The van der Waals surface area contributed by atoms with E-state index < -0.39 is 60.4 Å². The number of piperazine rings is 1. The average molecular weight is 578 g/mol. The van der Waals surface area contributed by atoms with Gasteiger partial charge >= 0.3 is 12.4 Å². The lowest BCUT2D eigenvalue weighted by molar-refractivity contribution is -0.259. The number of benzene rings is 1. The van der Waals surface area contributed by atoms with Crippen LogP contribution in [0.4, 0.5) is 36.4 Å². The zero-order valence-corrected chi connectivity index (χ0v) is 21.2. The number of anilines is 1. The third kappa shape index (κ3) is 5.28. The quantitative estimate of drug-likeness (QED) is 0.549. The summed E-state index contributed by atoms with van der Waals surface area (Å²) in [6, 6.07) is 2.73. The predicted molar refractivity (Wildman–Crippen MR) is 120 cm³/mol. The molecule has 0 bridgehead atoms. The van der Waals surface area contributed by atoms with Gasteiger partial charge in [0, 0.05) is 45.5 Å². The number of carbonyl (C=O) groups excluding carboxylic acids is 1. The van der Waals surface area contributed by atoms with Gasteiger partial charge in [0.05, 0.1) is 10.4 Å². The lowest BCUT2D eigenvalue weighted by Gasteiger charge is -2.40. The molecule has 1 aromatic carbocycles. The van der Waals surface area contributed by atoms with Crippen LogP contribution in [0.2, 0.25) is 0 Å². The monoisotopic (exact) mass is 577 g/mol. The summed E-state index contributed by atoms with van der Waals surface area (Å²) >= 11 is 0.0685. The van der Waals surface area contributed by atoms with Gasteiger partial charge in [-0.2, -0.15) is 30.6 Å². The molecule has 206 valence electrons. The standard InChI is InChI=1S/C21H22F7N3O4S2/c1-12-11-30(15-5-4-13(22)10-14(15)20(23,24)25)8-9-31(12)37(34,35)17-7-6-16(36-17)19(33,21(26,27)28)18(32)29(2)3/h4-7,10,12,33H,8-9,11H2,1-3H3/t12-,19?/m1/s1. The Balaban J connectivity index is 1.91. The highest BCUT2D eigenvalue weighted by atomic mass is 32.2. The molecule has 2 atom stereocenters. The van der Waals surface area contributed by atoms with E-state index in [-0.39, 0.29) is 36.7 Å². The van der Waals surface area contributed by atoms with E-state index in [2.05, 4.69) is 0 Å². The highest BCUT2D eigenvalue weighted by molar-refractivity contribution is 7.91. The molecule has 1 amide bonds. The molecule has 37 heavy (non-hydrogen) atoms. The molecule has 1 fully saturated rings. The highest BCUT2D eigenvalue weighted by Crippen LogP contribution is 2.44. The van der Waals surface area contributed by atoms with Crippen molar-refractivity contribution in [3.05, 3.63) is 46.6 Å². The highest BCUT2D eigenvalue weighted by Gasteiger charge is 2.62. The third-order valence-corrected chi connectivity index (χ3v) is 9.47. The number of alkyl halides is 6. The van der Waals surface area contributed by atoms with E-state index in [1.54, 1.807) is 0 Å². The maximum absolute atomic E-state index is 13.7. The van der Waals surface area contributed by atoms with Gasteiger partial charge in [0.15, 0.2) is 0 Å². The van der Waals surface area contributed by atoms with Gasteiger partial charge in [0.2, 0.25) is 0 Å².